The summed E-state index contributed by atoms with van der Waals surface area (Å²) in [6.07, 6.45) is -5.76. The Kier molecular flexibility index (Phi) is 9.02. The molecule has 28 heavy (non-hydrogen) atoms. The molecule has 9 heteroatoms. The molecule has 0 bridgehead atoms. The van der Waals surface area contributed by atoms with Gasteiger partial charge in [-0.1, -0.05) is 38.1 Å². The summed E-state index contributed by atoms with van der Waals surface area (Å²) in [7, 11) is 0. The molecule has 0 amide bonds. The third kappa shape index (κ3) is 7.93. The Morgan fingerprint density at radius 2 is 1.79 bits per heavy atom. The van der Waals surface area contributed by atoms with E-state index in [0.29, 0.717) is 11.5 Å². The van der Waals surface area contributed by atoms with Crippen molar-refractivity contribution in [2.45, 2.75) is 32.2 Å². The Morgan fingerprint density at radius 3 is 2.36 bits per heavy atom. The number of nitrogens with one attached hydrogen (secondary N) is 1. The van der Waals surface area contributed by atoms with E-state index in [9.17, 15) is 18.3 Å². The molecule has 2 aromatic carbocycles. The van der Waals surface area contributed by atoms with Crippen LogP contribution in [0.5, 0.6) is 5.75 Å². The monoisotopic (exact) mass is 509 g/mol. The number of rotatable bonds is 6. The summed E-state index contributed by atoms with van der Waals surface area (Å²) in [4.78, 5) is 4.07. The van der Waals surface area contributed by atoms with Crippen LogP contribution in [0.15, 0.2) is 53.5 Å². The maximum absolute atomic E-state index is 12.1. The van der Waals surface area contributed by atoms with Gasteiger partial charge in [0, 0.05) is 5.69 Å². The second kappa shape index (κ2) is 10.5. The molecule has 154 valence electrons. The average molecular weight is 509 g/mol. The first-order valence-corrected chi connectivity index (χ1v) is 8.34. The standard InChI is InChI=1S/C19H22F3N3O2.HI/c1-12(2)14-4-3-5-15(10-14)25-18(23)24-11-17(26)13-6-8-16(9-7-13)27-19(20,21)22;/h3-10,12,17,26H,11H2,1-2H3,(H3,23,24,25);1H. The lowest BCUT2D eigenvalue weighted by Gasteiger charge is -2.13. The van der Waals surface area contributed by atoms with Gasteiger partial charge in [-0.05, 0) is 41.3 Å². The van der Waals surface area contributed by atoms with Crippen LogP contribution in [0.2, 0.25) is 0 Å². The molecule has 0 heterocycles. The van der Waals surface area contributed by atoms with Crippen LogP contribution in [0.1, 0.15) is 37.0 Å². The van der Waals surface area contributed by atoms with Crippen molar-refractivity contribution in [2.24, 2.45) is 10.7 Å². The third-order valence-corrected chi connectivity index (χ3v) is 3.76. The summed E-state index contributed by atoms with van der Waals surface area (Å²) >= 11 is 0. The van der Waals surface area contributed by atoms with Gasteiger partial charge in [0.2, 0.25) is 0 Å². The number of halogens is 4. The van der Waals surface area contributed by atoms with Crippen molar-refractivity contribution in [2.75, 3.05) is 11.9 Å². The fourth-order valence-electron chi connectivity index (χ4n) is 2.34. The van der Waals surface area contributed by atoms with Crippen molar-refractivity contribution in [3.05, 3.63) is 59.7 Å². The number of anilines is 1. The Bertz CT molecular complexity index is 781. The molecule has 0 aromatic heterocycles. The average Bonchev–Trinajstić information content (AvgIpc) is 2.59. The van der Waals surface area contributed by atoms with Crippen molar-refractivity contribution in [3.63, 3.8) is 0 Å². The number of hydrogen-bond acceptors (Lipinski definition) is 3. The van der Waals surface area contributed by atoms with E-state index in [4.69, 9.17) is 5.73 Å². The number of guanidine groups is 1. The summed E-state index contributed by atoms with van der Waals surface area (Å²) < 4.78 is 40.2. The molecule has 2 aromatic rings. The first-order valence-electron chi connectivity index (χ1n) is 8.34. The van der Waals surface area contributed by atoms with Gasteiger partial charge < -0.3 is 20.9 Å². The molecule has 0 spiro atoms. The van der Waals surface area contributed by atoms with Gasteiger partial charge in [0.05, 0.1) is 12.6 Å². The van der Waals surface area contributed by atoms with Gasteiger partial charge >= 0.3 is 6.36 Å². The van der Waals surface area contributed by atoms with Crippen LogP contribution >= 0.6 is 24.0 Å². The first kappa shape index (κ1) is 24.0. The molecule has 0 radical (unpaired) electrons. The van der Waals surface area contributed by atoms with Crippen LogP contribution in [0, 0.1) is 0 Å². The number of hydrogen-bond donors (Lipinski definition) is 3. The molecule has 0 aliphatic rings. The van der Waals surface area contributed by atoms with Crippen molar-refractivity contribution < 1.29 is 23.0 Å². The number of nitrogens with zero attached hydrogens (tertiary/aromatic N) is 1. The molecule has 1 atom stereocenters. The minimum absolute atomic E-state index is 0. The number of aliphatic imine (C=N–C) groups is 1. The molecule has 0 saturated carbocycles. The molecule has 0 aliphatic carbocycles. The van der Waals surface area contributed by atoms with Crippen LogP contribution < -0.4 is 15.8 Å². The zero-order valence-electron chi connectivity index (χ0n) is 15.4. The molecule has 1 unspecified atom stereocenters. The van der Waals surface area contributed by atoms with Gasteiger partial charge in [-0.2, -0.15) is 0 Å². The van der Waals surface area contributed by atoms with Gasteiger partial charge in [0.1, 0.15) is 5.75 Å². The lowest BCUT2D eigenvalue weighted by atomic mass is 10.0. The highest BCUT2D eigenvalue weighted by Crippen LogP contribution is 2.24. The van der Waals surface area contributed by atoms with Crippen molar-refractivity contribution in [3.8, 4) is 5.75 Å². The van der Waals surface area contributed by atoms with E-state index in [1.807, 2.05) is 24.3 Å². The molecule has 5 nitrogen and oxygen atoms in total. The second-order valence-corrected chi connectivity index (χ2v) is 6.26. The zero-order chi connectivity index (χ0) is 20.0. The van der Waals surface area contributed by atoms with Crippen molar-refractivity contribution >= 4 is 35.6 Å². The molecule has 0 aliphatic heterocycles. The molecular weight excluding hydrogens is 486 g/mol. The van der Waals surface area contributed by atoms with E-state index in [0.717, 1.165) is 23.4 Å². The zero-order valence-corrected chi connectivity index (χ0v) is 17.7. The Labute approximate surface area is 178 Å². The lowest BCUT2D eigenvalue weighted by molar-refractivity contribution is -0.274. The Balaban J connectivity index is 0.00000392. The molecular formula is C19H23F3IN3O2. The fraction of sp³-hybridized carbons (Fsp3) is 0.316. The van der Waals surface area contributed by atoms with E-state index in [1.54, 1.807) is 0 Å². The van der Waals surface area contributed by atoms with E-state index in [2.05, 4.69) is 28.9 Å². The second-order valence-electron chi connectivity index (χ2n) is 6.26. The summed E-state index contributed by atoms with van der Waals surface area (Å²) in [6.45, 7) is 4.12. The number of nitrogens with two attached hydrogens (primary N) is 1. The lowest BCUT2D eigenvalue weighted by Crippen LogP contribution is -2.23. The largest absolute Gasteiger partial charge is 0.573 e. The Morgan fingerprint density at radius 1 is 1.14 bits per heavy atom. The van der Waals surface area contributed by atoms with Gasteiger partial charge in [-0.25, -0.2) is 0 Å². The highest BCUT2D eigenvalue weighted by Gasteiger charge is 2.31. The number of aliphatic hydroxyl groups is 1. The van der Waals surface area contributed by atoms with Crippen LogP contribution in [0.3, 0.4) is 0 Å². The minimum atomic E-state index is -4.75. The first-order chi connectivity index (χ1) is 12.6. The maximum Gasteiger partial charge on any atom is 0.573 e. The topological polar surface area (TPSA) is 79.9 Å². The highest BCUT2D eigenvalue weighted by molar-refractivity contribution is 14.0. The van der Waals surface area contributed by atoms with Crippen molar-refractivity contribution in [1.82, 2.24) is 0 Å². The molecule has 2 rings (SSSR count). The van der Waals surface area contributed by atoms with E-state index in [-0.39, 0.29) is 42.2 Å². The highest BCUT2D eigenvalue weighted by atomic mass is 127. The molecule has 0 saturated heterocycles. The van der Waals surface area contributed by atoms with Crippen LogP contribution in [-0.4, -0.2) is 24.0 Å². The smallest absolute Gasteiger partial charge is 0.406 e. The predicted octanol–water partition coefficient (Wildman–Crippen LogP) is 4.79. The third-order valence-electron chi connectivity index (χ3n) is 3.76. The van der Waals surface area contributed by atoms with Crippen LogP contribution in [0.4, 0.5) is 18.9 Å². The van der Waals surface area contributed by atoms with Crippen LogP contribution in [-0.2, 0) is 0 Å². The molecule has 4 N–H and O–H groups in total. The normalized spacial score (nSPS) is 13.0. The quantitative estimate of drug-likeness (QED) is 0.298. The SMILES string of the molecule is CC(C)c1cccc(NC(N)=NCC(O)c2ccc(OC(F)(F)F)cc2)c1.I. The van der Waals surface area contributed by atoms with Crippen LogP contribution in [0.25, 0.3) is 0 Å². The Hall–Kier alpha value is -2.01. The van der Waals surface area contributed by atoms with Crippen molar-refractivity contribution in [1.29, 1.82) is 0 Å². The number of aliphatic hydroxyl groups excluding tert-OH is 1. The summed E-state index contributed by atoms with van der Waals surface area (Å²) in [6, 6.07) is 12.7. The number of alkyl halides is 3. The number of benzene rings is 2. The van der Waals surface area contributed by atoms with E-state index >= 15 is 0 Å². The van der Waals surface area contributed by atoms with Gasteiger partial charge in [-0.15, -0.1) is 37.1 Å². The molecule has 0 fully saturated rings. The predicted molar refractivity (Wildman–Crippen MR) is 114 cm³/mol. The van der Waals surface area contributed by atoms with E-state index in [1.165, 1.54) is 12.1 Å². The fourth-order valence-corrected chi connectivity index (χ4v) is 2.34. The summed E-state index contributed by atoms with van der Waals surface area (Å²) in [5, 5.41) is 13.1. The minimum Gasteiger partial charge on any atom is -0.406 e. The van der Waals surface area contributed by atoms with Gasteiger partial charge in [-0.3, -0.25) is 4.99 Å². The van der Waals surface area contributed by atoms with Gasteiger partial charge in [0.25, 0.3) is 0 Å². The maximum atomic E-state index is 12.1. The van der Waals surface area contributed by atoms with Gasteiger partial charge in [0.15, 0.2) is 5.96 Å². The van der Waals surface area contributed by atoms with E-state index < -0.39 is 12.5 Å². The summed E-state index contributed by atoms with van der Waals surface area (Å²) in [5.41, 5.74) is 8.17. The summed E-state index contributed by atoms with van der Waals surface area (Å²) in [5.74, 6) is 0.149. The number of ether oxygens (including phenoxy) is 1.